The fourth-order valence-corrected chi connectivity index (χ4v) is 1.74. The molecule has 0 aromatic heterocycles. The number of hydrogen-bond donors (Lipinski definition) is 0. The zero-order valence-corrected chi connectivity index (χ0v) is 9.27. The van der Waals surface area contributed by atoms with Gasteiger partial charge < -0.3 is 0 Å². The Morgan fingerprint density at radius 2 is 1.85 bits per heavy atom. The summed E-state index contributed by atoms with van der Waals surface area (Å²) in [7, 11) is 0.125. The molecule has 0 spiro atoms. The second kappa shape index (κ2) is 4.02. The highest BCUT2D eigenvalue weighted by Gasteiger charge is 2.13. The number of benzene rings is 1. The summed E-state index contributed by atoms with van der Waals surface area (Å²) in [6, 6.07) is 7.88. The smallest absolute Gasteiger partial charge is 0.192 e. The minimum absolute atomic E-state index is 0.125. The van der Waals surface area contributed by atoms with Crippen molar-refractivity contribution < 1.29 is 4.57 Å². The second-order valence-corrected chi connectivity index (χ2v) is 5.12. The first kappa shape index (κ1) is 10.4. The lowest BCUT2D eigenvalue weighted by molar-refractivity contribution is 0.412. The molecule has 70 valence electrons. The van der Waals surface area contributed by atoms with Crippen LogP contribution in [0.25, 0.3) is 0 Å². The van der Waals surface area contributed by atoms with E-state index >= 15 is 0 Å². The molecule has 1 rings (SSSR count). The summed E-state index contributed by atoms with van der Waals surface area (Å²) in [6.45, 7) is 6.56. The lowest BCUT2D eigenvalue weighted by atomic mass is 9.88. The molecule has 1 aromatic rings. The van der Waals surface area contributed by atoms with Crippen molar-refractivity contribution in [3.05, 3.63) is 29.8 Å². The highest BCUT2D eigenvalue weighted by molar-refractivity contribution is 7.34. The average Bonchev–Trinajstić information content (AvgIpc) is 2.02. The summed E-state index contributed by atoms with van der Waals surface area (Å²) in [5.74, 6) is 0. The fraction of sp³-hybridized carbons (Fsp3) is 0.455. The van der Waals surface area contributed by atoms with E-state index in [2.05, 4.69) is 20.8 Å². The number of hydrogen-bond acceptors (Lipinski definition) is 1. The molecule has 0 heterocycles. The molecule has 0 aliphatic carbocycles. The summed E-state index contributed by atoms with van der Waals surface area (Å²) < 4.78 is 10.8. The van der Waals surface area contributed by atoms with Gasteiger partial charge in [-0.2, -0.15) is 0 Å². The fourth-order valence-electron chi connectivity index (χ4n) is 1.32. The molecule has 0 amide bonds. The molecule has 0 fully saturated rings. The van der Waals surface area contributed by atoms with E-state index in [1.165, 1.54) is 5.56 Å². The zero-order chi connectivity index (χ0) is 9.90. The van der Waals surface area contributed by atoms with Gasteiger partial charge in [-0.1, -0.05) is 39.0 Å². The summed E-state index contributed by atoms with van der Waals surface area (Å²) >= 11 is 0. The second-order valence-electron chi connectivity index (χ2n) is 4.46. The zero-order valence-electron chi connectivity index (χ0n) is 8.37. The monoisotopic (exact) mass is 194 g/mol. The van der Waals surface area contributed by atoms with Crippen LogP contribution in [0.4, 0.5) is 0 Å². The van der Waals surface area contributed by atoms with Crippen LogP contribution in [0.15, 0.2) is 24.3 Å². The molecule has 0 aliphatic heterocycles. The predicted octanol–water partition coefficient (Wildman–Crippen LogP) is 3.19. The van der Waals surface area contributed by atoms with Gasteiger partial charge in [0.15, 0.2) is 8.46 Å². The molecule has 0 unspecified atom stereocenters. The van der Waals surface area contributed by atoms with Crippen molar-refractivity contribution in [2.24, 2.45) is 5.41 Å². The molecule has 0 saturated carbocycles. The Balaban J connectivity index is 2.94. The van der Waals surface area contributed by atoms with Gasteiger partial charge in [-0.15, -0.1) is 0 Å². The molecule has 13 heavy (non-hydrogen) atoms. The maximum Gasteiger partial charge on any atom is 0.192 e. The van der Waals surface area contributed by atoms with Gasteiger partial charge in [0, 0.05) is 5.30 Å². The van der Waals surface area contributed by atoms with Crippen molar-refractivity contribution in [1.29, 1.82) is 0 Å². The Bertz CT molecular complexity index is 299. The highest BCUT2D eigenvalue weighted by atomic mass is 31.1. The first-order valence-electron chi connectivity index (χ1n) is 4.44. The van der Waals surface area contributed by atoms with Crippen molar-refractivity contribution in [3.63, 3.8) is 0 Å². The van der Waals surface area contributed by atoms with Crippen LogP contribution in [0.1, 0.15) is 26.3 Å². The van der Waals surface area contributed by atoms with E-state index in [4.69, 9.17) is 0 Å². The Morgan fingerprint density at radius 3 is 2.38 bits per heavy atom. The molecule has 1 aromatic carbocycles. The Kier molecular flexibility index (Phi) is 3.22. The van der Waals surface area contributed by atoms with E-state index in [-0.39, 0.29) is 13.9 Å². The first-order chi connectivity index (χ1) is 6.03. The van der Waals surface area contributed by atoms with Crippen molar-refractivity contribution >= 4 is 13.8 Å². The Morgan fingerprint density at radius 1 is 1.23 bits per heavy atom. The maximum atomic E-state index is 10.8. The minimum Gasteiger partial charge on any atom is -0.269 e. The topological polar surface area (TPSA) is 17.1 Å². The van der Waals surface area contributed by atoms with Gasteiger partial charge in [0.2, 0.25) is 0 Å². The summed E-state index contributed by atoms with van der Waals surface area (Å²) in [4.78, 5) is 0. The average molecular weight is 194 g/mol. The molecule has 0 radical (unpaired) electrons. The van der Waals surface area contributed by atoms with Crippen LogP contribution in [-0.2, 0) is 11.0 Å². The molecule has 0 N–H and O–H groups in total. The van der Waals surface area contributed by atoms with E-state index in [1.807, 2.05) is 24.3 Å². The van der Waals surface area contributed by atoms with Gasteiger partial charge in [-0.25, -0.2) is 0 Å². The van der Waals surface area contributed by atoms with Gasteiger partial charge in [0.1, 0.15) is 0 Å². The standard InChI is InChI=1S/C11H15OP/c1-11(2,3)8-9-6-4-5-7-10(9)13-12/h4-7H,8H2,1-3H3. The van der Waals surface area contributed by atoms with Crippen LogP contribution in [0.2, 0.25) is 0 Å². The maximum absolute atomic E-state index is 10.8. The van der Waals surface area contributed by atoms with E-state index in [0.29, 0.717) is 0 Å². The van der Waals surface area contributed by atoms with Crippen LogP contribution < -0.4 is 5.30 Å². The molecular weight excluding hydrogens is 179 g/mol. The van der Waals surface area contributed by atoms with Crippen molar-refractivity contribution in [3.8, 4) is 0 Å². The normalized spacial score (nSPS) is 11.9. The molecule has 0 aliphatic rings. The third-order valence-corrected chi connectivity index (χ3v) is 2.44. The Labute approximate surface area is 81.4 Å². The molecule has 0 atom stereocenters. The van der Waals surface area contributed by atoms with E-state index in [9.17, 15) is 4.57 Å². The van der Waals surface area contributed by atoms with Crippen molar-refractivity contribution in [1.82, 2.24) is 0 Å². The van der Waals surface area contributed by atoms with Crippen molar-refractivity contribution in [2.75, 3.05) is 0 Å². The van der Waals surface area contributed by atoms with Gasteiger partial charge in [-0.3, -0.25) is 4.57 Å². The van der Waals surface area contributed by atoms with E-state index in [0.717, 1.165) is 11.7 Å². The van der Waals surface area contributed by atoms with Crippen LogP contribution in [-0.4, -0.2) is 0 Å². The van der Waals surface area contributed by atoms with Gasteiger partial charge in [0.25, 0.3) is 0 Å². The highest BCUT2D eigenvalue weighted by Crippen LogP contribution is 2.20. The third kappa shape index (κ3) is 3.28. The van der Waals surface area contributed by atoms with E-state index < -0.39 is 0 Å². The van der Waals surface area contributed by atoms with E-state index in [1.54, 1.807) is 0 Å². The molecule has 2 heteroatoms. The van der Waals surface area contributed by atoms with Crippen LogP contribution in [0, 0.1) is 5.41 Å². The summed E-state index contributed by atoms with van der Waals surface area (Å²) in [6.07, 6.45) is 0.971. The lowest BCUT2D eigenvalue weighted by Crippen LogP contribution is -2.14. The molecule has 0 bridgehead atoms. The summed E-state index contributed by atoms with van der Waals surface area (Å²) in [5, 5.41) is 0.914. The minimum atomic E-state index is 0.125. The van der Waals surface area contributed by atoms with Gasteiger partial charge in [-0.05, 0) is 23.5 Å². The number of rotatable bonds is 2. The predicted molar refractivity (Wildman–Crippen MR) is 56.8 cm³/mol. The third-order valence-electron chi connectivity index (χ3n) is 1.81. The quantitative estimate of drug-likeness (QED) is 0.661. The Hall–Kier alpha value is -0.680. The molecule has 1 nitrogen and oxygen atoms in total. The van der Waals surface area contributed by atoms with Crippen LogP contribution >= 0.6 is 8.46 Å². The lowest BCUT2D eigenvalue weighted by Gasteiger charge is -2.18. The SMILES string of the molecule is CC(C)(C)Cc1ccccc1P=O. The molecule has 0 saturated heterocycles. The van der Waals surface area contributed by atoms with Crippen LogP contribution in [0.5, 0.6) is 0 Å². The van der Waals surface area contributed by atoms with Gasteiger partial charge >= 0.3 is 0 Å². The van der Waals surface area contributed by atoms with Gasteiger partial charge in [0.05, 0.1) is 0 Å². The largest absolute Gasteiger partial charge is 0.269 e. The first-order valence-corrected chi connectivity index (χ1v) is 5.25. The van der Waals surface area contributed by atoms with Crippen LogP contribution in [0.3, 0.4) is 0 Å². The summed E-state index contributed by atoms with van der Waals surface area (Å²) in [5.41, 5.74) is 1.44. The van der Waals surface area contributed by atoms with Crippen molar-refractivity contribution in [2.45, 2.75) is 27.2 Å². The molecular formula is C11H15OP.